The second-order valence-electron chi connectivity index (χ2n) is 10.8. The van der Waals surface area contributed by atoms with Crippen LogP contribution in [-0.2, 0) is 25.8 Å². The molecule has 0 radical (unpaired) electrons. The van der Waals surface area contributed by atoms with Gasteiger partial charge in [0.25, 0.3) is 10.0 Å². The number of carbonyl (C=O) groups excluding carboxylic acids is 3. The number of carboxylic acid groups (broad SMARTS) is 1. The number of aromatic hydroxyl groups is 2. The average Bonchev–Trinajstić information content (AvgIpc) is 3.45. The molecular weight excluding hydrogens is 733 g/mol. The largest absolute Gasteiger partial charge is 0.547 e. The first-order valence-corrected chi connectivity index (χ1v) is 17.5. The number of carbonyl (C=O) groups is 4. The van der Waals surface area contributed by atoms with Crippen LogP contribution in [0.5, 0.6) is 17.2 Å². The van der Waals surface area contributed by atoms with Crippen molar-refractivity contribution in [2.24, 2.45) is 0 Å². The zero-order valence-electron chi connectivity index (χ0n) is 24.9. The van der Waals surface area contributed by atoms with E-state index in [2.05, 4.69) is 10.6 Å². The molecule has 264 valence electrons. The van der Waals surface area contributed by atoms with Gasteiger partial charge in [0.2, 0.25) is 5.91 Å². The quantitative estimate of drug-likeness (QED) is 0.0879. The molecule has 3 aromatic rings. The molecule has 5 rings (SSSR count). The Morgan fingerprint density at radius 1 is 1.08 bits per heavy atom. The Morgan fingerprint density at radius 3 is 2.36 bits per heavy atom. The Bertz CT molecular complexity index is 2090. The molecule has 1 fully saturated rings. The number of carboxylic acids is 1. The number of para-hydroxylation sites is 1. The van der Waals surface area contributed by atoms with Gasteiger partial charge in [-0.25, -0.2) is 36.4 Å². The first kappa shape index (κ1) is 36.4. The van der Waals surface area contributed by atoms with Crippen LogP contribution in [0.15, 0.2) is 53.4 Å². The smallest absolute Gasteiger partial charge is 0.534 e. The number of sulfonamides is 1. The van der Waals surface area contributed by atoms with Gasteiger partial charge in [0, 0.05) is 6.07 Å². The number of urea groups is 2. The third-order valence-corrected chi connectivity index (χ3v) is 10.9. The summed E-state index contributed by atoms with van der Waals surface area (Å²) in [6.07, 6.45) is -0.144. The number of hydrogen-bond acceptors (Lipinski definition) is 11. The SMILES string of the molecule is O=C(O)c1cccc2c1OB(O)[C@@H](NC(=O)[C@H](NC(=O)N1CCN(S(=O)(=O)c3cc(F)c(O)c(O)c3Cl)C1=O)c1ccc(P(=O)(O)O)cc1)C2. The average molecular weight is 757 g/mol. The van der Waals surface area contributed by atoms with Crippen molar-refractivity contribution in [1.29, 1.82) is 0 Å². The Kier molecular flexibility index (Phi) is 9.76. The minimum absolute atomic E-state index is 0.0919. The predicted octanol–water partition coefficient (Wildman–Crippen LogP) is 0.408. The highest BCUT2D eigenvalue weighted by molar-refractivity contribution is 7.89. The van der Waals surface area contributed by atoms with Gasteiger partial charge < -0.3 is 45.4 Å². The summed E-state index contributed by atoms with van der Waals surface area (Å²) in [6, 6.07) is 3.93. The highest BCUT2D eigenvalue weighted by atomic mass is 35.5. The van der Waals surface area contributed by atoms with Gasteiger partial charge in [-0.2, -0.15) is 0 Å². The molecule has 3 aromatic carbocycles. The summed E-state index contributed by atoms with van der Waals surface area (Å²) in [5.74, 6) is -7.98. The van der Waals surface area contributed by atoms with Gasteiger partial charge in [0.15, 0.2) is 17.3 Å². The highest BCUT2D eigenvalue weighted by Crippen LogP contribution is 2.41. The Hall–Kier alpha value is -4.92. The summed E-state index contributed by atoms with van der Waals surface area (Å²) in [4.78, 5) is 70.1. The lowest BCUT2D eigenvalue weighted by Crippen LogP contribution is -2.56. The zero-order chi connectivity index (χ0) is 36.9. The molecule has 0 bridgehead atoms. The normalized spacial score (nSPS) is 16.8. The van der Waals surface area contributed by atoms with E-state index in [0.717, 1.165) is 24.3 Å². The van der Waals surface area contributed by atoms with E-state index in [-0.39, 0.29) is 33.7 Å². The lowest BCUT2D eigenvalue weighted by molar-refractivity contribution is -0.123. The Balaban J connectivity index is 1.40. The Morgan fingerprint density at radius 2 is 1.74 bits per heavy atom. The minimum atomic E-state index is -5.03. The number of imide groups is 1. The first-order chi connectivity index (χ1) is 23.3. The van der Waals surface area contributed by atoms with Crippen molar-refractivity contribution in [2.45, 2.75) is 23.3 Å². The van der Waals surface area contributed by atoms with E-state index in [4.69, 9.17) is 16.3 Å². The van der Waals surface area contributed by atoms with Crippen molar-refractivity contribution in [2.75, 3.05) is 13.1 Å². The molecule has 50 heavy (non-hydrogen) atoms. The number of benzene rings is 3. The van der Waals surface area contributed by atoms with Crippen LogP contribution in [0.4, 0.5) is 14.0 Å². The summed E-state index contributed by atoms with van der Waals surface area (Å²) in [5, 5.41) is 42.6. The molecular formula is C27H24BClFN4O14PS. The van der Waals surface area contributed by atoms with Crippen LogP contribution in [0, 0.1) is 5.82 Å². The van der Waals surface area contributed by atoms with E-state index < -0.39 is 106 Å². The summed E-state index contributed by atoms with van der Waals surface area (Å²) in [7, 11) is -11.6. The van der Waals surface area contributed by atoms with Crippen molar-refractivity contribution in [3.63, 3.8) is 0 Å². The summed E-state index contributed by atoms with van der Waals surface area (Å²) in [5.41, 5.74) is -0.0358. The molecule has 2 atom stereocenters. The number of phenolic OH excluding ortho intramolecular Hbond substituents is 2. The monoisotopic (exact) mass is 756 g/mol. The standard InChI is InChI=1S/C27H24BClFN4O14PS/c29-19-17(11-16(30)21(35)22(19)36)50(46,47)34-9-8-33(27(34)41)26(40)32-20(12-4-6-14(7-5-12)49(43,44)45)24(37)31-18-10-13-2-1-3-15(25(38)39)23(13)48-28(18)42/h1-7,11,18,20,35-36,42H,8-10H2,(H,31,37)(H,32,40)(H,38,39)(H2,43,44,45)/t18-,20+/m0/s1. The molecule has 1 saturated heterocycles. The Labute approximate surface area is 286 Å². The van der Waals surface area contributed by atoms with Gasteiger partial charge in [-0.3, -0.25) is 9.36 Å². The molecule has 0 unspecified atom stereocenters. The molecule has 18 nitrogen and oxygen atoms in total. The van der Waals surface area contributed by atoms with Gasteiger partial charge in [-0.05, 0) is 35.7 Å². The van der Waals surface area contributed by atoms with E-state index in [0.29, 0.717) is 10.5 Å². The van der Waals surface area contributed by atoms with Crippen LogP contribution in [0.3, 0.4) is 0 Å². The van der Waals surface area contributed by atoms with Crippen LogP contribution >= 0.6 is 19.2 Å². The van der Waals surface area contributed by atoms with E-state index in [1.54, 1.807) is 0 Å². The van der Waals surface area contributed by atoms with Gasteiger partial charge in [-0.1, -0.05) is 35.9 Å². The van der Waals surface area contributed by atoms with Crippen molar-refractivity contribution in [3.05, 3.63) is 76.1 Å². The lowest BCUT2D eigenvalue weighted by Gasteiger charge is -2.30. The second kappa shape index (κ2) is 13.4. The number of rotatable bonds is 8. The fraction of sp³-hybridized carbons (Fsp3) is 0.185. The topological polar surface area (TPSA) is 281 Å². The van der Waals surface area contributed by atoms with Crippen molar-refractivity contribution in [1.82, 2.24) is 19.8 Å². The van der Waals surface area contributed by atoms with Gasteiger partial charge in [0.1, 0.15) is 21.7 Å². The fourth-order valence-electron chi connectivity index (χ4n) is 5.16. The van der Waals surface area contributed by atoms with Crippen molar-refractivity contribution in [3.8, 4) is 17.2 Å². The third-order valence-electron chi connectivity index (χ3n) is 7.69. The van der Waals surface area contributed by atoms with Gasteiger partial charge in [0.05, 0.1) is 29.9 Å². The summed E-state index contributed by atoms with van der Waals surface area (Å²) < 4.78 is 57.7. The van der Waals surface area contributed by atoms with Gasteiger partial charge in [-0.15, -0.1) is 0 Å². The maximum Gasteiger partial charge on any atom is 0.547 e. The van der Waals surface area contributed by atoms with Crippen molar-refractivity contribution >= 4 is 65.6 Å². The van der Waals surface area contributed by atoms with E-state index in [1.165, 1.54) is 18.2 Å². The van der Waals surface area contributed by atoms with E-state index in [9.17, 15) is 66.7 Å². The molecule has 2 aliphatic heterocycles. The van der Waals surface area contributed by atoms with E-state index in [1.807, 2.05) is 0 Å². The van der Waals surface area contributed by atoms with Crippen LogP contribution in [0.2, 0.25) is 5.02 Å². The maximum absolute atomic E-state index is 14.1. The lowest BCUT2D eigenvalue weighted by atomic mass is 9.72. The van der Waals surface area contributed by atoms with Crippen LogP contribution < -0.4 is 20.6 Å². The number of aromatic carboxylic acids is 1. The van der Waals surface area contributed by atoms with Crippen LogP contribution in [0.1, 0.15) is 27.5 Å². The number of halogens is 2. The summed E-state index contributed by atoms with van der Waals surface area (Å²) >= 11 is 5.80. The van der Waals surface area contributed by atoms with Crippen LogP contribution in [-0.4, -0.2) is 97.8 Å². The molecule has 0 spiro atoms. The predicted molar refractivity (Wildman–Crippen MR) is 168 cm³/mol. The summed E-state index contributed by atoms with van der Waals surface area (Å²) in [6.45, 7) is -1.29. The zero-order valence-corrected chi connectivity index (χ0v) is 27.4. The molecule has 2 heterocycles. The molecule has 8 N–H and O–H groups in total. The highest BCUT2D eigenvalue weighted by Gasteiger charge is 2.44. The molecule has 0 aromatic heterocycles. The minimum Gasteiger partial charge on any atom is -0.534 e. The second-order valence-corrected chi connectivity index (χ2v) is 14.6. The number of fused-ring (bicyclic) bond motifs is 1. The third kappa shape index (κ3) is 6.78. The molecule has 0 aliphatic carbocycles. The molecule has 2 aliphatic rings. The van der Waals surface area contributed by atoms with Gasteiger partial charge >= 0.3 is 32.7 Å². The number of nitrogens with zero attached hydrogens (tertiary/aromatic N) is 2. The van der Waals surface area contributed by atoms with Crippen molar-refractivity contribution < 1.29 is 71.3 Å². The fourth-order valence-corrected chi connectivity index (χ4v) is 7.57. The number of phenols is 2. The molecule has 5 amide bonds. The number of hydrogen-bond donors (Lipinski definition) is 8. The maximum atomic E-state index is 14.1. The first-order valence-electron chi connectivity index (χ1n) is 14.0. The van der Waals surface area contributed by atoms with Crippen LogP contribution in [0.25, 0.3) is 0 Å². The molecule has 23 heteroatoms. The van der Waals surface area contributed by atoms with E-state index >= 15 is 0 Å². The number of nitrogens with one attached hydrogen (secondary N) is 2. The molecule has 0 saturated carbocycles. The number of amides is 5.